The fraction of sp³-hybridized carbons (Fsp3) is 0.714. The number of hydrogen-bond acceptors (Lipinski definition) is 3. The molecule has 4 nitrogen and oxygen atoms in total. The molecular formula is C7H13NO3. The Morgan fingerprint density at radius 3 is 2.91 bits per heavy atom. The van der Waals surface area contributed by atoms with E-state index in [4.69, 9.17) is 0 Å². The summed E-state index contributed by atoms with van der Waals surface area (Å²) < 4.78 is 4.67. The third-order valence-electron chi connectivity index (χ3n) is 0.969. The van der Waals surface area contributed by atoms with E-state index < -0.39 is 6.09 Å². The minimum absolute atomic E-state index is 0.335. The third-order valence-corrected chi connectivity index (χ3v) is 0.969. The number of nitrogens with one attached hydrogen (secondary N) is 1. The first kappa shape index (κ1) is 9.94. The molecule has 0 aliphatic rings. The lowest BCUT2D eigenvalue weighted by Crippen LogP contribution is -2.25. The van der Waals surface area contributed by atoms with Gasteiger partial charge < -0.3 is 14.8 Å². The van der Waals surface area contributed by atoms with Gasteiger partial charge in [0.05, 0.1) is 6.61 Å². The SMILES string of the molecule is CCCOC(=O)NCCC=O. The molecule has 0 unspecified atom stereocenters. The highest BCUT2D eigenvalue weighted by Crippen LogP contribution is 1.81. The lowest BCUT2D eigenvalue weighted by atomic mass is 10.5. The first-order valence-corrected chi connectivity index (χ1v) is 3.65. The first-order chi connectivity index (χ1) is 5.31. The van der Waals surface area contributed by atoms with Crippen LogP contribution in [0.2, 0.25) is 0 Å². The normalized spacial score (nSPS) is 8.82. The van der Waals surface area contributed by atoms with Crippen molar-refractivity contribution in [3.8, 4) is 0 Å². The quantitative estimate of drug-likeness (QED) is 0.475. The molecule has 1 amide bonds. The van der Waals surface area contributed by atoms with E-state index in [1.807, 2.05) is 6.92 Å². The van der Waals surface area contributed by atoms with Crippen molar-refractivity contribution in [1.29, 1.82) is 0 Å². The Hall–Kier alpha value is -1.06. The van der Waals surface area contributed by atoms with Gasteiger partial charge in [-0.2, -0.15) is 0 Å². The van der Waals surface area contributed by atoms with Crippen molar-refractivity contribution in [3.05, 3.63) is 0 Å². The summed E-state index contributed by atoms with van der Waals surface area (Å²) in [5.41, 5.74) is 0. The third kappa shape index (κ3) is 6.83. The van der Waals surface area contributed by atoms with Gasteiger partial charge in [-0.15, -0.1) is 0 Å². The minimum Gasteiger partial charge on any atom is -0.450 e. The first-order valence-electron chi connectivity index (χ1n) is 3.65. The van der Waals surface area contributed by atoms with Gasteiger partial charge in [-0.05, 0) is 6.42 Å². The second-order valence-corrected chi connectivity index (χ2v) is 2.02. The lowest BCUT2D eigenvalue weighted by molar-refractivity contribution is -0.107. The molecule has 0 saturated heterocycles. The fourth-order valence-corrected chi connectivity index (χ4v) is 0.479. The molecule has 11 heavy (non-hydrogen) atoms. The number of rotatable bonds is 5. The van der Waals surface area contributed by atoms with Crippen LogP contribution in [0.5, 0.6) is 0 Å². The average molecular weight is 159 g/mol. The van der Waals surface area contributed by atoms with E-state index in [0.29, 0.717) is 19.6 Å². The van der Waals surface area contributed by atoms with Crippen LogP contribution in [0, 0.1) is 0 Å². The summed E-state index contributed by atoms with van der Waals surface area (Å²) in [7, 11) is 0. The van der Waals surface area contributed by atoms with Gasteiger partial charge in [-0.1, -0.05) is 6.92 Å². The average Bonchev–Trinajstić information content (AvgIpc) is 2.01. The van der Waals surface area contributed by atoms with Crippen LogP contribution in [0.4, 0.5) is 4.79 Å². The Morgan fingerprint density at radius 2 is 2.36 bits per heavy atom. The zero-order valence-corrected chi connectivity index (χ0v) is 6.63. The predicted octanol–water partition coefficient (Wildman–Crippen LogP) is 0.712. The Kier molecular flexibility index (Phi) is 6.37. The summed E-state index contributed by atoms with van der Waals surface area (Å²) >= 11 is 0. The Labute approximate surface area is 65.9 Å². The standard InChI is InChI=1S/C7H13NO3/c1-2-6-11-7(10)8-4-3-5-9/h5H,2-4,6H2,1H3,(H,8,10). The van der Waals surface area contributed by atoms with E-state index in [1.165, 1.54) is 0 Å². The van der Waals surface area contributed by atoms with E-state index in [-0.39, 0.29) is 0 Å². The molecule has 0 atom stereocenters. The number of hydrogen-bond donors (Lipinski definition) is 1. The van der Waals surface area contributed by atoms with Gasteiger partial charge in [0.1, 0.15) is 6.29 Å². The molecule has 64 valence electrons. The topological polar surface area (TPSA) is 55.4 Å². The number of alkyl carbamates (subject to hydrolysis) is 1. The molecule has 0 heterocycles. The molecule has 0 spiro atoms. The van der Waals surface area contributed by atoms with Crippen molar-refractivity contribution in [2.45, 2.75) is 19.8 Å². The molecule has 1 N–H and O–H groups in total. The van der Waals surface area contributed by atoms with Crippen molar-refractivity contribution in [3.63, 3.8) is 0 Å². The molecule has 0 aromatic carbocycles. The van der Waals surface area contributed by atoms with E-state index in [2.05, 4.69) is 10.1 Å². The van der Waals surface area contributed by atoms with Crippen LogP contribution in [-0.4, -0.2) is 25.5 Å². The smallest absolute Gasteiger partial charge is 0.407 e. The molecule has 0 aliphatic carbocycles. The highest BCUT2D eigenvalue weighted by Gasteiger charge is 1.97. The number of aldehydes is 1. The molecule has 0 aromatic rings. The van der Waals surface area contributed by atoms with Crippen LogP contribution >= 0.6 is 0 Å². The second kappa shape index (κ2) is 7.05. The summed E-state index contributed by atoms with van der Waals surface area (Å²) in [5.74, 6) is 0. The summed E-state index contributed by atoms with van der Waals surface area (Å²) in [6.07, 6.45) is 1.44. The summed E-state index contributed by atoms with van der Waals surface area (Å²) in [5, 5.41) is 2.43. The van der Waals surface area contributed by atoms with Crippen molar-refractivity contribution in [2.75, 3.05) is 13.2 Å². The van der Waals surface area contributed by atoms with Gasteiger partial charge in [0.2, 0.25) is 0 Å². The molecule has 0 radical (unpaired) electrons. The van der Waals surface area contributed by atoms with Gasteiger partial charge in [0.15, 0.2) is 0 Å². The number of ether oxygens (including phenoxy) is 1. The second-order valence-electron chi connectivity index (χ2n) is 2.02. The Morgan fingerprint density at radius 1 is 1.64 bits per heavy atom. The van der Waals surface area contributed by atoms with Crippen LogP contribution in [0.3, 0.4) is 0 Å². The van der Waals surface area contributed by atoms with Crippen LogP contribution in [-0.2, 0) is 9.53 Å². The number of carbonyl (C=O) groups excluding carboxylic acids is 2. The van der Waals surface area contributed by atoms with E-state index in [9.17, 15) is 9.59 Å². The number of amides is 1. The molecule has 0 aliphatic heterocycles. The maximum Gasteiger partial charge on any atom is 0.407 e. The van der Waals surface area contributed by atoms with E-state index in [0.717, 1.165) is 12.7 Å². The van der Waals surface area contributed by atoms with Gasteiger partial charge in [0.25, 0.3) is 0 Å². The van der Waals surface area contributed by atoms with Crippen molar-refractivity contribution in [2.24, 2.45) is 0 Å². The van der Waals surface area contributed by atoms with Gasteiger partial charge in [0, 0.05) is 13.0 Å². The molecule has 0 bridgehead atoms. The minimum atomic E-state index is -0.450. The summed E-state index contributed by atoms with van der Waals surface area (Å²) in [6, 6.07) is 0. The monoisotopic (exact) mass is 159 g/mol. The van der Waals surface area contributed by atoms with Gasteiger partial charge in [-0.3, -0.25) is 0 Å². The van der Waals surface area contributed by atoms with Crippen molar-refractivity contribution < 1.29 is 14.3 Å². The summed E-state index contributed by atoms with van der Waals surface area (Å²) in [6.45, 7) is 2.69. The Bertz CT molecular complexity index is 125. The van der Waals surface area contributed by atoms with Crippen molar-refractivity contribution >= 4 is 12.4 Å². The Balaban J connectivity index is 3.15. The molecule has 0 fully saturated rings. The summed E-state index contributed by atoms with van der Waals surface area (Å²) in [4.78, 5) is 20.4. The molecule has 0 aromatic heterocycles. The molecular weight excluding hydrogens is 146 g/mol. The highest BCUT2D eigenvalue weighted by molar-refractivity contribution is 5.67. The fourth-order valence-electron chi connectivity index (χ4n) is 0.479. The lowest BCUT2D eigenvalue weighted by Gasteiger charge is -2.02. The van der Waals surface area contributed by atoms with Crippen LogP contribution < -0.4 is 5.32 Å². The van der Waals surface area contributed by atoms with Gasteiger partial charge >= 0.3 is 6.09 Å². The number of carbonyl (C=O) groups is 2. The van der Waals surface area contributed by atoms with E-state index in [1.54, 1.807) is 0 Å². The predicted molar refractivity (Wildman–Crippen MR) is 40.3 cm³/mol. The maximum absolute atomic E-state index is 10.6. The van der Waals surface area contributed by atoms with E-state index >= 15 is 0 Å². The molecule has 4 heteroatoms. The zero-order chi connectivity index (χ0) is 8.53. The zero-order valence-electron chi connectivity index (χ0n) is 6.63. The molecule has 0 saturated carbocycles. The highest BCUT2D eigenvalue weighted by atomic mass is 16.5. The van der Waals surface area contributed by atoms with Crippen LogP contribution in [0.25, 0.3) is 0 Å². The molecule has 0 rings (SSSR count). The van der Waals surface area contributed by atoms with Gasteiger partial charge in [-0.25, -0.2) is 4.79 Å². The largest absolute Gasteiger partial charge is 0.450 e. The van der Waals surface area contributed by atoms with Crippen LogP contribution in [0.15, 0.2) is 0 Å². The van der Waals surface area contributed by atoms with Crippen molar-refractivity contribution in [1.82, 2.24) is 5.32 Å². The van der Waals surface area contributed by atoms with Crippen LogP contribution in [0.1, 0.15) is 19.8 Å². The maximum atomic E-state index is 10.6.